The second-order valence-electron chi connectivity index (χ2n) is 5.76. The van der Waals surface area contributed by atoms with E-state index in [1.54, 1.807) is 26.4 Å². The monoisotopic (exact) mass is 385 g/mol. The molecule has 0 fully saturated rings. The molecule has 0 aliphatic heterocycles. The fourth-order valence-corrected chi connectivity index (χ4v) is 2.66. The van der Waals surface area contributed by atoms with Crippen molar-refractivity contribution < 1.29 is 9.47 Å². The number of nitrogen functional groups attached to an aromatic ring is 1. The summed E-state index contributed by atoms with van der Waals surface area (Å²) in [4.78, 5) is 8.47. The Kier molecular flexibility index (Phi) is 5.52. The number of methoxy groups -OCH3 is 2. The lowest BCUT2D eigenvalue weighted by Gasteiger charge is -2.16. The molecule has 0 aliphatic rings. The first-order chi connectivity index (χ1) is 13.0. The Balaban J connectivity index is 1.93. The fraction of sp³-hybridized carbons (Fsp3) is 0.158. The highest BCUT2D eigenvalue weighted by Gasteiger charge is 2.13. The maximum atomic E-state index is 6.27. The van der Waals surface area contributed by atoms with Gasteiger partial charge in [0.1, 0.15) is 23.5 Å². The molecule has 1 aromatic heterocycles. The predicted octanol–water partition coefficient (Wildman–Crippen LogP) is 4.53. The number of nitrogens with one attached hydrogen (secondary N) is 2. The Hall–Kier alpha value is -3.19. The van der Waals surface area contributed by atoms with Crippen LogP contribution in [0.5, 0.6) is 11.5 Å². The van der Waals surface area contributed by atoms with Crippen LogP contribution in [0.2, 0.25) is 5.02 Å². The molecule has 27 heavy (non-hydrogen) atoms. The van der Waals surface area contributed by atoms with Crippen LogP contribution in [-0.2, 0) is 0 Å². The molecule has 0 saturated carbocycles. The van der Waals surface area contributed by atoms with Gasteiger partial charge in [0, 0.05) is 16.8 Å². The van der Waals surface area contributed by atoms with Gasteiger partial charge in [-0.1, -0.05) is 17.7 Å². The molecule has 1 heterocycles. The summed E-state index contributed by atoms with van der Waals surface area (Å²) in [5, 5.41) is 6.99. The van der Waals surface area contributed by atoms with Gasteiger partial charge < -0.3 is 25.8 Å². The highest BCUT2D eigenvalue weighted by atomic mass is 35.5. The van der Waals surface area contributed by atoms with E-state index < -0.39 is 0 Å². The van der Waals surface area contributed by atoms with Gasteiger partial charge in [0.05, 0.1) is 19.9 Å². The number of nitrogens with zero attached hydrogens (tertiary/aromatic N) is 2. The largest absolute Gasteiger partial charge is 0.497 e. The minimum absolute atomic E-state index is 0.363. The Morgan fingerprint density at radius 1 is 0.926 bits per heavy atom. The van der Waals surface area contributed by atoms with E-state index >= 15 is 0 Å². The second-order valence-corrected chi connectivity index (χ2v) is 6.20. The van der Waals surface area contributed by atoms with Gasteiger partial charge in [-0.15, -0.1) is 0 Å². The molecular weight excluding hydrogens is 366 g/mol. The van der Waals surface area contributed by atoms with E-state index in [1.165, 1.54) is 6.33 Å². The first kappa shape index (κ1) is 18.6. The number of hydrogen-bond acceptors (Lipinski definition) is 7. The number of benzene rings is 2. The van der Waals surface area contributed by atoms with Crippen molar-refractivity contribution in [2.75, 3.05) is 30.6 Å². The van der Waals surface area contributed by atoms with Crippen LogP contribution in [0.25, 0.3) is 0 Å². The van der Waals surface area contributed by atoms with Gasteiger partial charge in [-0.25, -0.2) is 9.97 Å². The summed E-state index contributed by atoms with van der Waals surface area (Å²) in [6.45, 7) is 1.97. The van der Waals surface area contributed by atoms with Crippen LogP contribution in [-0.4, -0.2) is 24.2 Å². The summed E-state index contributed by atoms with van der Waals surface area (Å²) < 4.78 is 10.6. The van der Waals surface area contributed by atoms with E-state index in [0.29, 0.717) is 39.5 Å². The zero-order valence-corrected chi connectivity index (χ0v) is 16.0. The molecule has 2 aromatic carbocycles. The summed E-state index contributed by atoms with van der Waals surface area (Å²) in [5.41, 5.74) is 9.14. The number of halogens is 1. The van der Waals surface area contributed by atoms with Gasteiger partial charge in [-0.05, 0) is 36.8 Å². The maximum Gasteiger partial charge on any atom is 0.159 e. The molecular formula is C19H20ClN5O2. The summed E-state index contributed by atoms with van der Waals surface area (Å²) >= 11 is 6.08. The van der Waals surface area contributed by atoms with Gasteiger partial charge in [-0.2, -0.15) is 0 Å². The SMILES string of the molecule is COc1ccc(OC)c(Nc2ncnc(Nc3cc(Cl)ccc3C)c2N)c1. The van der Waals surface area contributed by atoms with Crippen molar-refractivity contribution in [1.82, 2.24) is 9.97 Å². The Morgan fingerprint density at radius 3 is 2.30 bits per heavy atom. The molecule has 0 aliphatic carbocycles. The lowest BCUT2D eigenvalue weighted by atomic mass is 10.2. The number of anilines is 5. The van der Waals surface area contributed by atoms with E-state index in [1.807, 2.05) is 31.2 Å². The van der Waals surface area contributed by atoms with Crippen LogP contribution in [0, 0.1) is 6.92 Å². The van der Waals surface area contributed by atoms with Crippen LogP contribution in [0.1, 0.15) is 5.56 Å². The van der Waals surface area contributed by atoms with Crippen LogP contribution in [0.15, 0.2) is 42.7 Å². The van der Waals surface area contributed by atoms with Crippen molar-refractivity contribution in [3.63, 3.8) is 0 Å². The number of aryl methyl sites for hydroxylation is 1. The highest BCUT2D eigenvalue weighted by Crippen LogP contribution is 2.35. The molecule has 4 N–H and O–H groups in total. The smallest absolute Gasteiger partial charge is 0.159 e. The third kappa shape index (κ3) is 4.15. The Bertz CT molecular complexity index is 965. The highest BCUT2D eigenvalue weighted by molar-refractivity contribution is 6.30. The van der Waals surface area contributed by atoms with Gasteiger partial charge in [0.25, 0.3) is 0 Å². The number of nitrogens with two attached hydrogens (primary N) is 1. The molecule has 0 spiro atoms. The zero-order valence-electron chi connectivity index (χ0n) is 15.2. The molecule has 3 aromatic rings. The van der Waals surface area contributed by atoms with Crippen molar-refractivity contribution in [3.05, 3.63) is 53.3 Å². The predicted molar refractivity (Wildman–Crippen MR) is 109 cm³/mol. The average molecular weight is 386 g/mol. The molecule has 3 rings (SSSR count). The second kappa shape index (κ2) is 8.01. The van der Waals surface area contributed by atoms with Crippen molar-refractivity contribution in [1.29, 1.82) is 0 Å². The van der Waals surface area contributed by atoms with Crippen molar-refractivity contribution in [2.45, 2.75) is 6.92 Å². The molecule has 0 saturated heterocycles. The van der Waals surface area contributed by atoms with Crippen molar-refractivity contribution >= 4 is 40.3 Å². The summed E-state index contributed by atoms with van der Waals surface area (Å²) in [7, 11) is 3.19. The molecule has 0 atom stereocenters. The standard InChI is InChI=1S/C19H20ClN5O2/c1-11-4-5-12(20)8-14(11)24-18-17(21)19(23-10-22-18)25-15-9-13(26-2)6-7-16(15)27-3/h4-10H,21H2,1-3H3,(H2,22,23,24,25). The number of rotatable bonds is 6. The molecule has 7 nitrogen and oxygen atoms in total. The van der Waals surface area contributed by atoms with Crippen LogP contribution in [0.4, 0.5) is 28.7 Å². The Labute approximate surface area is 162 Å². The molecule has 0 amide bonds. The number of hydrogen-bond donors (Lipinski definition) is 3. The van der Waals surface area contributed by atoms with Crippen molar-refractivity contribution in [3.8, 4) is 11.5 Å². The number of ether oxygens (including phenoxy) is 2. The molecule has 8 heteroatoms. The van der Waals surface area contributed by atoms with Gasteiger partial charge in [0.15, 0.2) is 11.6 Å². The van der Waals surface area contributed by atoms with E-state index in [-0.39, 0.29) is 0 Å². The minimum Gasteiger partial charge on any atom is -0.497 e. The minimum atomic E-state index is 0.363. The lowest BCUT2D eigenvalue weighted by Crippen LogP contribution is -2.06. The average Bonchev–Trinajstić information content (AvgIpc) is 2.67. The first-order valence-corrected chi connectivity index (χ1v) is 8.52. The van der Waals surface area contributed by atoms with Gasteiger partial charge in [0.2, 0.25) is 0 Å². The quantitative estimate of drug-likeness (QED) is 0.574. The molecule has 0 unspecified atom stereocenters. The van der Waals surface area contributed by atoms with Gasteiger partial charge in [-0.3, -0.25) is 0 Å². The summed E-state index contributed by atoms with van der Waals surface area (Å²) in [6, 6.07) is 11.0. The van der Waals surface area contributed by atoms with Gasteiger partial charge >= 0.3 is 0 Å². The third-order valence-corrected chi connectivity index (χ3v) is 4.23. The van der Waals surface area contributed by atoms with E-state index in [2.05, 4.69) is 20.6 Å². The van der Waals surface area contributed by atoms with Crippen LogP contribution in [0.3, 0.4) is 0 Å². The van der Waals surface area contributed by atoms with Crippen molar-refractivity contribution in [2.24, 2.45) is 0 Å². The van der Waals surface area contributed by atoms with Crippen LogP contribution < -0.4 is 25.8 Å². The van der Waals surface area contributed by atoms with E-state index in [4.69, 9.17) is 26.8 Å². The zero-order chi connectivity index (χ0) is 19.4. The Morgan fingerprint density at radius 2 is 1.63 bits per heavy atom. The van der Waals surface area contributed by atoms with E-state index in [9.17, 15) is 0 Å². The lowest BCUT2D eigenvalue weighted by molar-refractivity contribution is 0.405. The molecule has 140 valence electrons. The number of aromatic nitrogens is 2. The summed E-state index contributed by atoms with van der Waals surface area (Å²) in [5.74, 6) is 2.23. The molecule has 0 radical (unpaired) electrons. The fourth-order valence-electron chi connectivity index (χ4n) is 2.49. The third-order valence-electron chi connectivity index (χ3n) is 4.00. The van der Waals surface area contributed by atoms with Crippen LogP contribution >= 0.6 is 11.6 Å². The topological polar surface area (TPSA) is 94.3 Å². The summed E-state index contributed by atoms with van der Waals surface area (Å²) in [6.07, 6.45) is 1.42. The first-order valence-electron chi connectivity index (χ1n) is 8.14. The maximum absolute atomic E-state index is 6.27. The normalized spacial score (nSPS) is 10.4. The van der Waals surface area contributed by atoms with E-state index in [0.717, 1.165) is 11.3 Å². The molecule has 0 bridgehead atoms.